The maximum absolute atomic E-state index is 6.34. The zero-order chi connectivity index (χ0) is 13.5. The van der Waals surface area contributed by atoms with E-state index in [1.807, 2.05) is 0 Å². The second-order valence-electron chi connectivity index (χ2n) is 6.23. The highest BCUT2D eigenvalue weighted by molar-refractivity contribution is 5.78. The fourth-order valence-corrected chi connectivity index (χ4v) is 3.70. The molecule has 0 spiro atoms. The summed E-state index contributed by atoms with van der Waals surface area (Å²) in [4.78, 5) is 7.14. The quantitative estimate of drug-likeness (QED) is 0.622. The summed E-state index contributed by atoms with van der Waals surface area (Å²) in [7, 11) is 0. The van der Waals surface area contributed by atoms with Gasteiger partial charge in [0.25, 0.3) is 0 Å². The van der Waals surface area contributed by atoms with Crippen molar-refractivity contribution in [2.24, 2.45) is 10.7 Å². The molecule has 2 aliphatic rings. The molecule has 2 saturated carbocycles. The summed E-state index contributed by atoms with van der Waals surface area (Å²) < 4.78 is 0. The minimum Gasteiger partial charge on any atom is -0.370 e. The molecule has 3 nitrogen and oxygen atoms in total. The molecule has 0 aromatic carbocycles. The first-order valence-electron chi connectivity index (χ1n) is 8.41. The lowest BCUT2D eigenvalue weighted by Crippen LogP contribution is -2.52. The molecule has 19 heavy (non-hydrogen) atoms. The van der Waals surface area contributed by atoms with Crippen molar-refractivity contribution in [3.8, 4) is 0 Å². The first-order valence-corrected chi connectivity index (χ1v) is 8.41. The van der Waals surface area contributed by atoms with Crippen molar-refractivity contribution < 1.29 is 0 Å². The van der Waals surface area contributed by atoms with Crippen molar-refractivity contribution in [3.05, 3.63) is 0 Å². The molecule has 0 heterocycles. The van der Waals surface area contributed by atoms with Gasteiger partial charge in [-0.05, 0) is 32.1 Å². The van der Waals surface area contributed by atoms with Crippen LogP contribution in [0.4, 0.5) is 0 Å². The van der Waals surface area contributed by atoms with Crippen LogP contribution >= 0.6 is 0 Å². The van der Waals surface area contributed by atoms with Crippen molar-refractivity contribution >= 4 is 5.96 Å². The number of hydrogen-bond donors (Lipinski definition) is 1. The highest BCUT2D eigenvalue weighted by Crippen LogP contribution is 2.29. The first kappa shape index (κ1) is 14.7. The van der Waals surface area contributed by atoms with Crippen molar-refractivity contribution in [3.63, 3.8) is 0 Å². The van der Waals surface area contributed by atoms with Gasteiger partial charge in [0.05, 0.1) is 0 Å². The second kappa shape index (κ2) is 7.76. The van der Waals surface area contributed by atoms with Gasteiger partial charge in [-0.1, -0.05) is 45.4 Å². The average molecular weight is 265 g/mol. The van der Waals surface area contributed by atoms with E-state index < -0.39 is 0 Å². The van der Waals surface area contributed by atoms with Crippen LogP contribution in [0.2, 0.25) is 0 Å². The molecule has 3 heteroatoms. The molecule has 2 fully saturated rings. The number of nitrogens with two attached hydrogens (primary N) is 1. The predicted octanol–water partition coefficient (Wildman–Crippen LogP) is 3.68. The highest BCUT2D eigenvalue weighted by atomic mass is 15.3. The van der Waals surface area contributed by atoms with Gasteiger partial charge in [0.2, 0.25) is 0 Å². The molecule has 0 saturated heterocycles. The van der Waals surface area contributed by atoms with Gasteiger partial charge >= 0.3 is 0 Å². The Kier molecular flexibility index (Phi) is 5.99. The van der Waals surface area contributed by atoms with E-state index in [4.69, 9.17) is 5.73 Å². The number of rotatable bonds is 4. The minimum absolute atomic E-state index is 0.664. The lowest BCUT2D eigenvalue weighted by Gasteiger charge is -2.42. The second-order valence-corrected chi connectivity index (χ2v) is 6.23. The van der Waals surface area contributed by atoms with Crippen LogP contribution in [0.3, 0.4) is 0 Å². The Morgan fingerprint density at radius 3 is 1.84 bits per heavy atom. The summed E-state index contributed by atoms with van der Waals surface area (Å²) in [6, 6.07) is 1.33. The highest BCUT2D eigenvalue weighted by Gasteiger charge is 2.29. The van der Waals surface area contributed by atoms with E-state index in [1.165, 1.54) is 64.2 Å². The third kappa shape index (κ3) is 4.12. The molecule has 2 aliphatic carbocycles. The van der Waals surface area contributed by atoms with Crippen LogP contribution in [0, 0.1) is 0 Å². The van der Waals surface area contributed by atoms with Gasteiger partial charge in [0, 0.05) is 18.6 Å². The van der Waals surface area contributed by atoms with Gasteiger partial charge in [0.15, 0.2) is 5.96 Å². The minimum atomic E-state index is 0.664. The molecule has 0 unspecified atom stereocenters. The van der Waals surface area contributed by atoms with E-state index in [-0.39, 0.29) is 0 Å². The third-order valence-corrected chi connectivity index (χ3v) is 4.70. The van der Waals surface area contributed by atoms with Crippen LogP contribution in [0.25, 0.3) is 0 Å². The molecule has 2 rings (SSSR count). The fraction of sp³-hybridized carbons (Fsp3) is 0.938. The van der Waals surface area contributed by atoms with Crippen LogP contribution in [-0.4, -0.2) is 29.5 Å². The summed E-state index contributed by atoms with van der Waals surface area (Å²) in [5.74, 6) is 0.834. The number of nitrogens with zero attached hydrogens (tertiary/aromatic N) is 2. The maximum atomic E-state index is 6.34. The summed E-state index contributed by atoms with van der Waals surface area (Å²) >= 11 is 0. The number of hydrogen-bond acceptors (Lipinski definition) is 1. The molecule has 0 aliphatic heterocycles. The molecular weight excluding hydrogens is 234 g/mol. The summed E-state index contributed by atoms with van der Waals surface area (Å²) in [5, 5.41) is 0. The van der Waals surface area contributed by atoms with Crippen molar-refractivity contribution in [2.45, 2.75) is 89.6 Å². The van der Waals surface area contributed by atoms with E-state index in [1.54, 1.807) is 0 Å². The fourth-order valence-electron chi connectivity index (χ4n) is 3.70. The Morgan fingerprint density at radius 1 is 0.947 bits per heavy atom. The van der Waals surface area contributed by atoms with Gasteiger partial charge in [-0.3, -0.25) is 4.99 Å². The number of aliphatic imine (C=N–C) groups is 1. The molecular formula is C16H31N3. The molecule has 110 valence electrons. The first-order chi connectivity index (χ1) is 9.33. The molecule has 0 amide bonds. The normalized spacial score (nSPS) is 23.5. The monoisotopic (exact) mass is 265 g/mol. The molecule has 0 aromatic rings. The molecule has 2 N–H and O–H groups in total. The van der Waals surface area contributed by atoms with Gasteiger partial charge in [-0.25, -0.2) is 0 Å². The van der Waals surface area contributed by atoms with E-state index >= 15 is 0 Å². The zero-order valence-corrected chi connectivity index (χ0v) is 12.6. The Labute approximate surface area is 118 Å². The maximum Gasteiger partial charge on any atom is 0.191 e. The van der Waals surface area contributed by atoms with Gasteiger partial charge in [0.1, 0.15) is 0 Å². The van der Waals surface area contributed by atoms with Crippen LogP contribution in [0.5, 0.6) is 0 Å². The topological polar surface area (TPSA) is 41.6 Å². The van der Waals surface area contributed by atoms with Gasteiger partial charge < -0.3 is 10.6 Å². The summed E-state index contributed by atoms with van der Waals surface area (Å²) in [5.41, 5.74) is 6.34. The smallest absolute Gasteiger partial charge is 0.191 e. The molecule has 0 radical (unpaired) electrons. The third-order valence-electron chi connectivity index (χ3n) is 4.70. The van der Waals surface area contributed by atoms with Crippen LogP contribution in [-0.2, 0) is 0 Å². The van der Waals surface area contributed by atoms with Gasteiger partial charge in [-0.2, -0.15) is 0 Å². The van der Waals surface area contributed by atoms with E-state index in [0.717, 1.165) is 18.9 Å². The largest absolute Gasteiger partial charge is 0.370 e. The van der Waals surface area contributed by atoms with Crippen molar-refractivity contribution in [2.75, 3.05) is 6.54 Å². The van der Waals surface area contributed by atoms with Crippen LogP contribution < -0.4 is 5.73 Å². The van der Waals surface area contributed by atoms with Crippen LogP contribution in [0.15, 0.2) is 4.99 Å². The Morgan fingerprint density at radius 2 is 1.42 bits per heavy atom. The summed E-state index contributed by atoms with van der Waals surface area (Å²) in [6.45, 7) is 3.05. The van der Waals surface area contributed by atoms with E-state index in [9.17, 15) is 0 Å². The summed E-state index contributed by atoms with van der Waals surface area (Å²) in [6.07, 6.45) is 14.6. The Hall–Kier alpha value is -0.730. The molecule has 0 atom stereocenters. The van der Waals surface area contributed by atoms with Gasteiger partial charge in [-0.15, -0.1) is 0 Å². The Balaban J connectivity index is 2.06. The molecule has 0 bridgehead atoms. The van der Waals surface area contributed by atoms with Crippen LogP contribution in [0.1, 0.15) is 77.6 Å². The number of guanidine groups is 1. The predicted molar refractivity (Wildman–Crippen MR) is 82.4 cm³/mol. The van der Waals surface area contributed by atoms with Crippen molar-refractivity contribution in [1.29, 1.82) is 0 Å². The lowest BCUT2D eigenvalue weighted by atomic mass is 9.89. The standard InChI is InChI=1S/C16H31N3/c1-2-13-18-16(17)19(14-9-5-3-6-10-14)15-11-7-4-8-12-15/h14-15H,2-13H2,1H3,(H2,17,18). The van der Waals surface area contributed by atoms with Crippen molar-refractivity contribution in [1.82, 2.24) is 4.90 Å². The van der Waals surface area contributed by atoms with E-state index in [2.05, 4.69) is 16.8 Å². The molecule has 0 aromatic heterocycles. The average Bonchev–Trinajstić information content (AvgIpc) is 2.47. The lowest BCUT2D eigenvalue weighted by molar-refractivity contribution is 0.155. The van der Waals surface area contributed by atoms with E-state index in [0.29, 0.717) is 12.1 Å². The zero-order valence-electron chi connectivity index (χ0n) is 12.6. The SMILES string of the molecule is CCCN=C(N)N(C1CCCCC1)C1CCCCC1. The Bertz CT molecular complexity index is 258.